The van der Waals surface area contributed by atoms with Crippen LogP contribution in [0.1, 0.15) is 53.5 Å². The number of amides is 2. The van der Waals surface area contributed by atoms with Crippen molar-refractivity contribution >= 4 is 23.5 Å². The van der Waals surface area contributed by atoms with Crippen molar-refractivity contribution in [3.05, 3.63) is 54.0 Å². The van der Waals surface area contributed by atoms with Gasteiger partial charge >= 0.3 is 5.97 Å². The summed E-state index contributed by atoms with van der Waals surface area (Å²) in [7, 11) is 0. The quantitative estimate of drug-likeness (QED) is 0.762. The molecular weight excluding hydrogens is 348 g/mol. The van der Waals surface area contributed by atoms with E-state index in [4.69, 9.17) is 9.15 Å². The molecule has 1 unspecified atom stereocenters. The van der Waals surface area contributed by atoms with Gasteiger partial charge in [0.15, 0.2) is 11.9 Å². The van der Waals surface area contributed by atoms with Crippen molar-refractivity contribution in [1.82, 2.24) is 5.32 Å². The Kier molecular flexibility index (Phi) is 5.90. The van der Waals surface area contributed by atoms with Crippen molar-refractivity contribution in [2.24, 2.45) is 0 Å². The minimum Gasteiger partial charge on any atom is -0.459 e. The number of carbonyl (C=O) groups excluding carboxylic acids is 3. The second-order valence-electron chi connectivity index (χ2n) is 6.51. The van der Waals surface area contributed by atoms with E-state index < -0.39 is 18.0 Å². The van der Waals surface area contributed by atoms with Crippen LogP contribution < -0.4 is 10.6 Å². The van der Waals surface area contributed by atoms with Crippen LogP contribution in [0.4, 0.5) is 5.69 Å². The minimum absolute atomic E-state index is 0.127. The Balaban J connectivity index is 1.64. The summed E-state index contributed by atoms with van der Waals surface area (Å²) in [6.07, 6.45) is 4.57. The zero-order valence-electron chi connectivity index (χ0n) is 15.1. The summed E-state index contributed by atoms with van der Waals surface area (Å²) in [4.78, 5) is 36.9. The fourth-order valence-electron chi connectivity index (χ4n) is 3.03. The molecule has 2 amide bonds. The molecule has 0 bridgehead atoms. The van der Waals surface area contributed by atoms with E-state index in [0.29, 0.717) is 0 Å². The highest BCUT2D eigenvalue weighted by Gasteiger charge is 2.24. The molecule has 0 aliphatic heterocycles. The van der Waals surface area contributed by atoms with Gasteiger partial charge in [0.1, 0.15) is 0 Å². The van der Waals surface area contributed by atoms with Crippen LogP contribution in [0.3, 0.4) is 0 Å². The number of furan rings is 1. The summed E-state index contributed by atoms with van der Waals surface area (Å²) < 4.78 is 10.3. The Labute approximate surface area is 157 Å². The van der Waals surface area contributed by atoms with E-state index in [0.717, 1.165) is 25.7 Å². The van der Waals surface area contributed by atoms with Crippen molar-refractivity contribution in [3.63, 3.8) is 0 Å². The molecule has 1 heterocycles. The van der Waals surface area contributed by atoms with Gasteiger partial charge in [-0.2, -0.15) is 0 Å². The molecule has 1 aromatic carbocycles. The summed E-state index contributed by atoms with van der Waals surface area (Å²) >= 11 is 0. The number of nitrogens with one attached hydrogen (secondary N) is 2. The maximum Gasteiger partial charge on any atom is 0.341 e. The number of hydrogen-bond acceptors (Lipinski definition) is 5. The fourth-order valence-corrected chi connectivity index (χ4v) is 3.03. The smallest absolute Gasteiger partial charge is 0.341 e. The molecule has 1 aliphatic rings. The highest BCUT2D eigenvalue weighted by Crippen LogP contribution is 2.20. The third-order valence-corrected chi connectivity index (χ3v) is 4.49. The first-order chi connectivity index (χ1) is 13.0. The van der Waals surface area contributed by atoms with Crippen molar-refractivity contribution in [2.75, 3.05) is 5.32 Å². The molecule has 1 atom stereocenters. The lowest BCUT2D eigenvalue weighted by Gasteiger charge is -2.18. The highest BCUT2D eigenvalue weighted by molar-refractivity contribution is 6.06. The maximum absolute atomic E-state index is 12.5. The van der Waals surface area contributed by atoms with E-state index in [-0.39, 0.29) is 29.0 Å². The molecule has 2 aromatic rings. The van der Waals surface area contributed by atoms with Crippen LogP contribution in [-0.2, 0) is 9.53 Å². The molecule has 0 radical (unpaired) electrons. The average molecular weight is 370 g/mol. The number of benzene rings is 1. The molecule has 1 fully saturated rings. The predicted molar refractivity (Wildman–Crippen MR) is 98.4 cm³/mol. The summed E-state index contributed by atoms with van der Waals surface area (Å²) in [5, 5.41) is 5.52. The van der Waals surface area contributed by atoms with Gasteiger partial charge in [-0.25, -0.2) is 4.79 Å². The number of para-hydroxylation sites is 1. The molecule has 7 heteroatoms. The molecule has 7 nitrogen and oxygen atoms in total. The topological polar surface area (TPSA) is 97.6 Å². The van der Waals surface area contributed by atoms with Crippen molar-refractivity contribution in [2.45, 2.75) is 44.8 Å². The number of hydrogen-bond donors (Lipinski definition) is 2. The molecule has 142 valence electrons. The highest BCUT2D eigenvalue weighted by atomic mass is 16.5. The maximum atomic E-state index is 12.5. The molecule has 2 N–H and O–H groups in total. The monoisotopic (exact) mass is 370 g/mol. The van der Waals surface area contributed by atoms with Gasteiger partial charge in [-0.15, -0.1) is 0 Å². The largest absolute Gasteiger partial charge is 0.459 e. The first kappa shape index (κ1) is 18.7. The second kappa shape index (κ2) is 8.53. The molecule has 0 saturated heterocycles. The standard InChI is InChI=1S/C20H22N2O5/c1-13(18(23)21-14-7-2-3-8-14)27-20(25)15-9-4-5-10-16(15)22-19(24)17-11-6-12-26-17/h4-6,9-14H,2-3,7-8H2,1H3,(H,21,23)(H,22,24). The lowest BCUT2D eigenvalue weighted by Crippen LogP contribution is -2.40. The van der Waals surface area contributed by atoms with Crippen molar-refractivity contribution in [1.29, 1.82) is 0 Å². The minimum atomic E-state index is -0.924. The normalized spacial score (nSPS) is 15.1. The van der Waals surface area contributed by atoms with E-state index in [1.54, 1.807) is 24.3 Å². The van der Waals surface area contributed by atoms with Gasteiger partial charge in [0, 0.05) is 6.04 Å². The first-order valence-electron chi connectivity index (χ1n) is 9.00. The predicted octanol–water partition coefficient (Wildman–Crippen LogP) is 3.14. The van der Waals surface area contributed by atoms with Crippen LogP contribution in [-0.4, -0.2) is 29.9 Å². The van der Waals surface area contributed by atoms with Gasteiger partial charge < -0.3 is 19.8 Å². The zero-order chi connectivity index (χ0) is 19.2. The Hall–Kier alpha value is -3.09. The Bertz CT molecular complexity index is 810. The summed E-state index contributed by atoms with van der Waals surface area (Å²) in [5.41, 5.74) is 0.449. The van der Waals surface area contributed by atoms with Gasteiger partial charge in [-0.05, 0) is 44.0 Å². The summed E-state index contributed by atoms with van der Waals surface area (Å²) in [6.45, 7) is 1.53. The number of anilines is 1. The molecule has 27 heavy (non-hydrogen) atoms. The van der Waals surface area contributed by atoms with E-state index in [9.17, 15) is 14.4 Å². The van der Waals surface area contributed by atoms with Crippen LogP contribution in [0.5, 0.6) is 0 Å². The average Bonchev–Trinajstić information content (AvgIpc) is 3.36. The third kappa shape index (κ3) is 4.75. The van der Waals surface area contributed by atoms with Crippen LogP contribution in [0.15, 0.2) is 47.1 Å². The first-order valence-corrected chi connectivity index (χ1v) is 9.00. The Morgan fingerprint density at radius 2 is 1.85 bits per heavy atom. The summed E-state index contributed by atoms with van der Waals surface area (Å²) in [6, 6.07) is 9.72. The van der Waals surface area contributed by atoms with Crippen LogP contribution in [0, 0.1) is 0 Å². The van der Waals surface area contributed by atoms with Gasteiger partial charge in [0.25, 0.3) is 11.8 Å². The van der Waals surface area contributed by atoms with Gasteiger partial charge in [-0.1, -0.05) is 25.0 Å². The van der Waals surface area contributed by atoms with Gasteiger partial charge in [0.2, 0.25) is 0 Å². The van der Waals surface area contributed by atoms with Gasteiger partial charge in [-0.3, -0.25) is 9.59 Å². The lowest BCUT2D eigenvalue weighted by atomic mass is 10.1. The van der Waals surface area contributed by atoms with Gasteiger partial charge in [0.05, 0.1) is 17.5 Å². The SMILES string of the molecule is CC(OC(=O)c1ccccc1NC(=O)c1ccco1)C(=O)NC1CCCC1. The van der Waals surface area contributed by atoms with Crippen molar-refractivity contribution < 1.29 is 23.5 Å². The van der Waals surface area contributed by atoms with E-state index in [1.165, 1.54) is 25.3 Å². The van der Waals surface area contributed by atoms with E-state index >= 15 is 0 Å². The third-order valence-electron chi connectivity index (χ3n) is 4.49. The molecule has 1 aliphatic carbocycles. The molecule has 1 aromatic heterocycles. The molecular formula is C20H22N2O5. The molecule has 0 spiro atoms. The second-order valence-corrected chi connectivity index (χ2v) is 6.51. The van der Waals surface area contributed by atoms with E-state index in [2.05, 4.69) is 10.6 Å². The number of ether oxygens (including phenoxy) is 1. The number of carbonyl (C=O) groups is 3. The molecule has 3 rings (SSSR count). The number of rotatable bonds is 6. The zero-order valence-corrected chi connectivity index (χ0v) is 15.1. The van der Waals surface area contributed by atoms with Crippen LogP contribution in [0.2, 0.25) is 0 Å². The Morgan fingerprint density at radius 3 is 2.56 bits per heavy atom. The van der Waals surface area contributed by atoms with Crippen LogP contribution >= 0.6 is 0 Å². The van der Waals surface area contributed by atoms with E-state index in [1.807, 2.05) is 0 Å². The van der Waals surface area contributed by atoms with Crippen molar-refractivity contribution in [3.8, 4) is 0 Å². The number of esters is 1. The molecule has 1 saturated carbocycles. The lowest BCUT2D eigenvalue weighted by molar-refractivity contribution is -0.129. The fraction of sp³-hybridized carbons (Fsp3) is 0.350. The van der Waals surface area contributed by atoms with Crippen LogP contribution in [0.25, 0.3) is 0 Å². The Morgan fingerprint density at radius 1 is 1.11 bits per heavy atom. The summed E-state index contributed by atoms with van der Waals surface area (Å²) in [5.74, 6) is -1.35.